The SMILES string of the molecule is CCCCC(N)C(=O)N(C)C(C)CSC. The summed E-state index contributed by atoms with van der Waals surface area (Å²) < 4.78 is 0. The number of amides is 1. The van der Waals surface area contributed by atoms with Crippen LogP contribution in [0.2, 0.25) is 0 Å². The van der Waals surface area contributed by atoms with Crippen LogP contribution in [0.1, 0.15) is 33.1 Å². The van der Waals surface area contributed by atoms with Gasteiger partial charge in [0.15, 0.2) is 0 Å². The highest BCUT2D eigenvalue weighted by Crippen LogP contribution is 2.07. The molecule has 0 aliphatic carbocycles. The minimum Gasteiger partial charge on any atom is -0.341 e. The van der Waals surface area contributed by atoms with Crippen LogP contribution < -0.4 is 5.73 Å². The monoisotopic (exact) mass is 232 g/mol. The van der Waals surface area contributed by atoms with Gasteiger partial charge in [-0.2, -0.15) is 11.8 Å². The van der Waals surface area contributed by atoms with Gasteiger partial charge in [0.1, 0.15) is 0 Å². The fourth-order valence-corrected chi connectivity index (χ4v) is 2.09. The van der Waals surface area contributed by atoms with Crippen LogP contribution in [0.5, 0.6) is 0 Å². The van der Waals surface area contributed by atoms with Crippen LogP contribution in [0, 0.1) is 0 Å². The number of hydrogen-bond acceptors (Lipinski definition) is 3. The van der Waals surface area contributed by atoms with E-state index < -0.39 is 0 Å². The van der Waals surface area contributed by atoms with Crippen molar-refractivity contribution >= 4 is 17.7 Å². The number of nitrogens with two attached hydrogens (primary N) is 1. The van der Waals surface area contributed by atoms with Gasteiger partial charge >= 0.3 is 0 Å². The molecule has 0 aromatic heterocycles. The number of unbranched alkanes of at least 4 members (excludes halogenated alkanes) is 1. The third-order valence-corrected chi connectivity index (χ3v) is 3.42. The van der Waals surface area contributed by atoms with E-state index in [2.05, 4.69) is 13.8 Å². The third kappa shape index (κ3) is 5.42. The highest BCUT2D eigenvalue weighted by molar-refractivity contribution is 7.98. The molecule has 0 saturated carbocycles. The predicted molar refractivity (Wildman–Crippen MR) is 68.1 cm³/mol. The van der Waals surface area contributed by atoms with Crippen molar-refractivity contribution in [2.24, 2.45) is 5.73 Å². The van der Waals surface area contributed by atoms with E-state index in [9.17, 15) is 4.79 Å². The third-order valence-electron chi connectivity index (χ3n) is 2.60. The summed E-state index contributed by atoms with van der Waals surface area (Å²) in [5.74, 6) is 1.04. The molecule has 2 N–H and O–H groups in total. The van der Waals surface area contributed by atoms with Crippen molar-refractivity contribution in [3.63, 3.8) is 0 Å². The summed E-state index contributed by atoms with van der Waals surface area (Å²) in [5.41, 5.74) is 5.84. The van der Waals surface area contributed by atoms with Gasteiger partial charge in [-0.1, -0.05) is 19.8 Å². The quantitative estimate of drug-likeness (QED) is 0.727. The first-order chi connectivity index (χ1) is 7.04. The van der Waals surface area contributed by atoms with E-state index in [4.69, 9.17) is 5.73 Å². The maximum Gasteiger partial charge on any atom is 0.239 e. The molecule has 0 aromatic rings. The molecule has 0 radical (unpaired) electrons. The summed E-state index contributed by atoms with van der Waals surface area (Å²) in [4.78, 5) is 13.6. The Hall–Kier alpha value is -0.220. The van der Waals surface area contributed by atoms with Crippen LogP contribution in [0.25, 0.3) is 0 Å². The van der Waals surface area contributed by atoms with Crippen molar-refractivity contribution < 1.29 is 4.79 Å². The van der Waals surface area contributed by atoms with E-state index >= 15 is 0 Å². The van der Waals surface area contributed by atoms with E-state index in [0.717, 1.165) is 25.0 Å². The number of carbonyl (C=O) groups is 1. The Balaban J connectivity index is 4.05. The van der Waals surface area contributed by atoms with E-state index in [1.807, 2.05) is 13.3 Å². The molecule has 2 atom stereocenters. The lowest BCUT2D eigenvalue weighted by atomic mass is 10.1. The molecule has 2 unspecified atom stereocenters. The number of likely N-dealkylation sites (N-methyl/N-ethyl adjacent to an activating group) is 1. The second kappa shape index (κ2) is 7.99. The van der Waals surface area contributed by atoms with Crippen molar-refractivity contribution in [2.45, 2.75) is 45.2 Å². The maximum absolute atomic E-state index is 11.9. The van der Waals surface area contributed by atoms with Gasteiger partial charge in [-0.3, -0.25) is 4.79 Å². The average molecular weight is 232 g/mol. The first kappa shape index (κ1) is 14.8. The predicted octanol–water partition coefficient (Wildman–Crippen LogP) is 1.71. The van der Waals surface area contributed by atoms with Gasteiger partial charge in [0.2, 0.25) is 5.91 Å². The van der Waals surface area contributed by atoms with E-state index in [1.165, 1.54) is 0 Å². The number of rotatable bonds is 7. The Kier molecular flexibility index (Phi) is 7.88. The van der Waals surface area contributed by atoms with Gasteiger partial charge in [-0.15, -0.1) is 0 Å². The Morgan fingerprint density at radius 2 is 2.13 bits per heavy atom. The minimum absolute atomic E-state index is 0.0741. The van der Waals surface area contributed by atoms with Gasteiger partial charge in [0.25, 0.3) is 0 Å². The van der Waals surface area contributed by atoms with Gasteiger partial charge in [-0.05, 0) is 19.6 Å². The number of nitrogens with zero attached hydrogens (tertiary/aromatic N) is 1. The topological polar surface area (TPSA) is 46.3 Å². The van der Waals surface area contributed by atoms with Crippen molar-refractivity contribution in [3.8, 4) is 0 Å². The van der Waals surface area contributed by atoms with Gasteiger partial charge < -0.3 is 10.6 Å². The smallest absolute Gasteiger partial charge is 0.239 e. The second-order valence-electron chi connectivity index (χ2n) is 4.00. The normalized spacial score (nSPS) is 14.7. The minimum atomic E-state index is -0.320. The molecule has 0 heterocycles. The van der Waals surface area contributed by atoms with Crippen LogP contribution in [0.15, 0.2) is 0 Å². The molecule has 15 heavy (non-hydrogen) atoms. The van der Waals surface area contributed by atoms with Gasteiger partial charge in [0, 0.05) is 18.8 Å². The Bertz CT molecular complexity index is 187. The van der Waals surface area contributed by atoms with Crippen molar-refractivity contribution in [2.75, 3.05) is 19.1 Å². The zero-order chi connectivity index (χ0) is 11.8. The lowest BCUT2D eigenvalue weighted by Gasteiger charge is -2.27. The molecule has 1 amide bonds. The molecular formula is C11H24N2OS. The highest BCUT2D eigenvalue weighted by Gasteiger charge is 2.20. The van der Waals surface area contributed by atoms with Gasteiger partial charge in [0.05, 0.1) is 6.04 Å². The lowest BCUT2D eigenvalue weighted by molar-refractivity contribution is -0.132. The molecule has 0 aliphatic heterocycles. The highest BCUT2D eigenvalue weighted by atomic mass is 32.2. The fourth-order valence-electron chi connectivity index (χ4n) is 1.38. The molecule has 0 saturated heterocycles. The van der Waals surface area contributed by atoms with E-state index in [-0.39, 0.29) is 18.0 Å². The second-order valence-corrected chi connectivity index (χ2v) is 4.91. The van der Waals surface area contributed by atoms with E-state index in [1.54, 1.807) is 16.7 Å². The lowest BCUT2D eigenvalue weighted by Crippen LogP contribution is -2.46. The maximum atomic E-state index is 11.9. The van der Waals surface area contributed by atoms with Crippen molar-refractivity contribution in [1.82, 2.24) is 4.90 Å². The largest absolute Gasteiger partial charge is 0.341 e. The van der Waals surface area contributed by atoms with Crippen LogP contribution in [0.3, 0.4) is 0 Å². The molecule has 3 nitrogen and oxygen atoms in total. The molecule has 0 fully saturated rings. The molecule has 0 bridgehead atoms. The summed E-state index contributed by atoms with van der Waals surface area (Å²) >= 11 is 1.75. The Labute approximate surface area is 97.8 Å². The number of carbonyl (C=O) groups excluding carboxylic acids is 1. The molecule has 0 rings (SSSR count). The standard InChI is InChI=1S/C11H24N2OS/c1-5-6-7-10(12)11(14)13(3)9(2)8-15-4/h9-10H,5-8,12H2,1-4H3. The molecule has 0 aromatic carbocycles. The zero-order valence-electron chi connectivity index (χ0n) is 10.3. The van der Waals surface area contributed by atoms with E-state index in [0.29, 0.717) is 0 Å². The van der Waals surface area contributed by atoms with Crippen LogP contribution in [0.4, 0.5) is 0 Å². The number of thioether (sulfide) groups is 1. The molecule has 4 heteroatoms. The van der Waals surface area contributed by atoms with Crippen LogP contribution in [-0.2, 0) is 4.79 Å². The summed E-state index contributed by atoms with van der Waals surface area (Å²) in [6, 6.07) is -0.0561. The summed E-state index contributed by atoms with van der Waals surface area (Å²) in [6.07, 6.45) is 4.96. The molecular weight excluding hydrogens is 208 g/mol. The molecule has 0 spiro atoms. The average Bonchev–Trinajstić information content (AvgIpc) is 2.24. The van der Waals surface area contributed by atoms with Crippen molar-refractivity contribution in [3.05, 3.63) is 0 Å². The van der Waals surface area contributed by atoms with Gasteiger partial charge in [-0.25, -0.2) is 0 Å². The summed E-state index contributed by atoms with van der Waals surface area (Å²) in [6.45, 7) is 4.16. The summed E-state index contributed by atoms with van der Waals surface area (Å²) in [5, 5.41) is 0. The number of hydrogen-bond donors (Lipinski definition) is 1. The Morgan fingerprint density at radius 1 is 1.53 bits per heavy atom. The molecule has 0 aliphatic rings. The van der Waals surface area contributed by atoms with Crippen LogP contribution >= 0.6 is 11.8 Å². The molecule has 90 valence electrons. The fraction of sp³-hybridized carbons (Fsp3) is 0.909. The summed E-state index contributed by atoms with van der Waals surface area (Å²) in [7, 11) is 1.84. The zero-order valence-corrected chi connectivity index (χ0v) is 11.1. The van der Waals surface area contributed by atoms with Crippen molar-refractivity contribution in [1.29, 1.82) is 0 Å². The Morgan fingerprint density at radius 3 is 2.60 bits per heavy atom. The first-order valence-electron chi connectivity index (χ1n) is 5.55. The van der Waals surface area contributed by atoms with Crippen LogP contribution in [-0.4, -0.2) is 41.9 Å². The first-order valence-corrected chi connectivity index (χ1v) is 6.95.